The maximum absolute atomic E-state index is 13.6. The van der Waals surface area contributed by atoms with Crippen LogP contribution >= 0.6 is 15.9 Å². The zero-order valence-corrected chi connectivity index (χ0v) is 18.8. The van der Waals surface area contributed by atoms with E-state index in [0.717, 1.165) is 26.7 Å². The normalized spacial score (nSPS) is 15.5. The molecule has 0 radical (unpaired) electrons. The van der Waals surface area contributed by atoms with E-state index in [1.54, 1.807) is 11.0 Å². The van der Waals surface area contributed by atoms with Gasteiger partial charge in [0, 0.05) is 11.0 Å². The third-order valence-electron chi connectivity index (χ3n) is 5.78. The van der Waals surface area contributed by atoms with Gasteiger partial charge in [0.25, 0.3) is 5.91 Å². The highest BCUT2D eigenvalue weighted by Gasteiger charge is 2.42. The molecule has 1 aliphatic heterocycles. The van der Waals surface area contributed by atoms with Gasteiger partial charge in [-0.2, -0.15) is 0 Å². The zero-order chi connectivity index (χ0) is 21.7. The lowest BCUT2D eigenvalue weighted by Crippen LogP contribution is -2.29. The van der Waals surface area contributed by atoms with Gasteiger partial charge in [0.2, 0.25) is 5.76 Å². The summed E-state index contributed by atoms with van der Waals surface area (Å²) in [4.78, 5) is 28.8. The smallest absolute Gasteiger partial charge is 0.291 e. The summed E-state index contributed by atoms with van der Waals surface area (Å²) < 4.78 is 6.95. The summed E-state index contributed by atoms with van der Waals surface area (Å²) in [5.41, 5.74) is 4.71. The number of aryl methyl sites for hydroxylation is 2. The highest BCUT2D eigenvalue weighted by atomic mass is 79.9. The molecule has 1 atom stereocenters. The predicted octanol–water partition coefficient (Wildman–Crippen LogP) is 5.92. The number of benzene rings is 3. The van der Waals surface area contributed by atoms with E-state index in [1.807, 2.05) is 74.5 Å². The lowest BCUT2D eigenvalue weighted by Gasteiger charge is -2.25. The van der Waals surface area contributed by atoms with Crippen molar-refractivity contribution in [1.82, 2.24) is 4.90 Å². The van der Waals surface area contributed by atoms with Crippen LogP contribution in [0.25, 0.3) is 11.0 Å². The number of halogens is 1. The standard InChI is InChI=1S/C26H20BrNO3/c1-15-3-6-17(7-4-15)14-28-23(18-8-10-19(27)11-9-18)22-24(29)20-13-16(2)5-12-21(20)31-25(22)26(28)30/h3-13,23H,14H2,1-2H3. The molecular weight excluding hydrogens is 454 g/mol. The van der Waals surface area contributed by atoms with Crippen LogP contribution in [0.15, 0.2) is 80.4 Å². The minimum absolute atomic E-state index is 0.140. The summed E-state index contributed by atoms with van der Waals surface area (Å²) in [6, 6.07) is 20.8. The third kappa shape index (κ3) is 3.39. The lowest BCUT2D eigenvalue weighted by atomic mass is 9.98. The highest BCUT2D eigenvalue weighted by molar-refractivity contribution is 9.10. The molecule has 0 fully saturated rings. The first-order valence-electron chi connectivity index (χ1n) is 10.1. The Hall–Kier alpha value is -3.18. The first-order chi connectivity index (χ1) is 14.9. The Morgan fingerprint density at radius 2 is 1.58 bits per heavy atom. The van der Waals surface area contributed by atoms with E-state index in [1.165, 1.54) is 0 Å². The Labute approximate surface area is 188 Å². The summed E-state index contributed by atoms with van der Waals surface area (Å²) in [6.07, 6.45) is 0. The summed E-state index contributed by atoms with van der Waals surface area (Å²) in [7, 11) is 0. The van der Waals surface area contributed by atoms with E-state index in [0.29, 0.717) is 23.1 Å². The monoisotopic (exact) mass is 473 g/mol. The number of rotatable bonds is 3. The van der Waals surface area contributed by atoms with Gasteiger partial charge in [-0.25, -0.2) is 0 Å². The second-order valence-corrected chi connectivity index (χ2v) is 8.96. The molecule has 1 amide bonds. The molecule has 31 heavy (non-hydrogen) atoms. The number of hydrogen-bond acceptors (Lipinski definition) is 3. The fourth-order valence-corrected chi connectivity index (χ4v) is 4.44. The van der Waals surface area contributed by atoms with Crippen molar-refractivity contribution in [2.45, 2.75) is 26.4 Å². The zero-order valence-electron chi connectivity index (χ0n) is 17.2. The van der Waals surface area contributed by atoms with Gasteiger partial charge in [-0.3, -0.25) is 9.59 Å². The van der Waals surface area contributed by atoms with Gasteiger partial charge >= 0.3 is 0 Å². The number of carbonyl (C=O) groups excluding carboxylic acids is 1. The maximum atomic E-state index is 13.6. The molecule has 5 rings (SSSR count). The summed E-state index contributed by atoms with van der Waals surface area (Å²) in [5.74, 6) is -0.121. The van der Waals surface area contributed by atoms with Crippen molar-refractivity contribution in [2.24, 2.45) is 0 Å². The van der Waals surface area contributed by atoms with E-state index in [2.05, 4.69) is 15.9 Å². The molecule has 1 aromatic heterocycles. The molecule has 1 unspecified atom stereocenters. The molecule has 1 aliphatic rings. The average Bonchev–Trinajstić information content (AvgIpc) is 3.03. The van der Waals surface area contributed by atoms with Crippen molar-refractivity contribution in [3.63, 3.8) is 0 Å². The van der Waals surface area contributed by atoms with Crippen molar-refractivity contribution >= 4 is 32.8 Å². The van der Waals surface area contributed by atoms with Crippen LogP contribution in [-0.2, 0) is 6.54 Å². The van der Waals surface area contributed by atoms with E-state index in [9.17, 15) is 9.59 Å². The van der Waals surface area contributed by atoms with E-state index in [-0.39, 0.29) is 17.1 Å². The molecule has 0 saturated carbocycles. The van der Waals surface area contributed by atoms with Crippen LogP contribution in [-0.4, -0.2) is 10.8 Å². The molecule has 0 N–H and O–H groups in total. The summed E-state index contributed by atoms with van der Waals surface area (Å²) in [5, 5.41) is 0.505. The second-order valence-electron chi connectivity index (χ2n) is 8.05. The van der Waals surface area contributed by atoms with Crippen LogP contribution in [0.4, 0.5) is 0 Å². The van der Waals surface area contributed by atoms with Gasteiger partial charge in [0.1, 0.15) is 5.58 Å². The van der Waals surface area contributed by atoms with Crippen molar-refractivity contribution < 1.29 is 9.21 Å². The lowest BCUT2D eigenvalue weighted by molar-refractivity contribution is 0.0714. The van der Waals surface area contributed by atoms with Gasteiger partial charge < -0.3 is 9.32 Å². The maximum Gasteiger partial charge on any atom is 0.291 e. The van der Waals surface area contributed by atoms with Crippen LogP contribution < -0.4 is 5.43 Å². The first-order valence-corrected chi connectivity index (χ1v) is 10.9. The molecule has 0 bridgehead atoms. The minimum atomic E-state index is -0.502. The van der Waals surface area contributed by atoms with Gasteiger partial charge in [0.05, 0.1) is 17.0 Å². The topological polar surface area (TPSA) is 50.5 Å². The van der Waals surface area contributed by atoms with Crippen molar-refractivity contribution in [3.05, 3.63) is 115 Å². The Kier molecular flexibility index (Phi) is 4.78. The Morgan fingerprint density at radius 3 is 2.29 bits per heavy atom. The summed E-state index contributed by atoms with van der Waals surface area (Å²) >= 11 is 3.47. The fourth-order valence-electron chi connectivity index (χ4n) is 4.18. The Morgan fingerprint density at radius 1 is 0.903 bits per heavy atom. The van der Waals surface area contributed by atoms with Crippen LogP contribution in [0, 0.1) is 13.8 Å². The van der Waals surface area contributed by atoms with E-state index < -0.39 is 6.04 Å². The van der Waals surface area contributed by atoms with Crippen LogP contribution in [0.1, 0.15) is 44.4 Å². The van der Waals surface area contributed by atoms with Crippen molar-refractivity contribution in [1.29, 1.82) is 0 Å². The highest BCUT2D eigenvalue weighted by Crippen LogP contribution is 2.39. The SMILES string of the molecule is Cc1ccc(CN2C(=O)c3oc4ccc(C)cc4c(=O)c3C2c2ccc(Br)cc2)cc1. The van der Waals surface area contributed by atoms with Crippen LogP contribution in [0.5, 0.6) is 0 Å². The molecule has 154 valence electrons. The third-order valence-corrected chi connectivity index (χ3v) is 6.31. The quantitative estimate of drug-likeness (QED) is 0.371. The number of carbonyl (C=O) groups is 1. The Balaban J connectivity index is 1.72. The number of amides is 1. The van der Waals surface area contributed by atoms with E-state index >= 15 is 0 Å². The van der Waals surface area contributed by atoms with E-state index in [4.69, 9.17) is 4.42 Å². The minimum Gasteiger partial charge on any atom is -0.450 e. The average molecular weight is 474 g/mol. The predicted molar refractivity (Wildman–Crippen MR) is 124 cm³/mol. The molecule has 0 spiro atoms. The van der Waals surface area contributed by atoms with Gasteiger partial charge in [-0.1, -0.05) is 69.5 Å². The molecule has 4 nitrogen and oxygen atoms in total. The van der Waals surface area contributed by atoms with Crippen molar-refractivity contribution in [3.8, 4) is 0 Å². The molecule has 4 aromatic rings. The second kappa shape index (κ2) is 7.50. The largest absolute Gasteiger partial charge is 0.450 e. The van der Waals surface area contributed by atoms with Gasteiger partial charge in [-0.05, 0) is 49.2 Å². The number of nitrogens with zero attached hydrogens (tertiary/aromatic N) is 1. The summed E-state index contributed by atoms with van der Waals surface area (Å²) in [6.45, 7) is 4.35. The fraction of sp³-hybridized carbons (Fsp3) is 0.154. The van der Waals surface area contributed by atoms with Crippen LogP contribution in [0.3, 0.4) is 0 Å². The molecular formula is C26H20BrNO3. The molecule has 3 aromatic carbocycles. The van der Waals surface area contributed by atoms with Crippen molar-refractivity contribution in [2.75, 3.05) is 0 Å². The van der Waals surface area contributed by atoms with Gasteiger partial charge in [0.15, 0.2) is 5.43 Å². The van der Waals surface area contributed by atoms with Gasteiger partial charge in [-0.15, -0.1) is 0 Å². The van der Waals surface area contributed by atoms with Crippen LogP contribution in [0.2, 0.25) is 0 Å². The molecule has 5 heteroatoms. The molecule has 0 aliphatic carbocycles. The molecule has 2 heterocycles. The first kappa shape index (κ1) is 19.8. The number of fused-ring (bicyclic) bond motifs is 2. The Bertz CT molecular complexity index is 1370. The number of hydrogen-bond donors (Lipinski definition) is 0. The molecule has 0 saturated heterocycles.